The molecule has 5 rings (SSSR count). The predicted molar refractivity (Wildman–Crippen MR) is 130 cm³/mol. The van der Waals surface area contributed by atoms with Crippen LogP contribution < -0.4 is 15.1 Å². The lowest BCUT2D eigenvalue weighted by molar-refractivity contribution is -0.123. The Bertz CT molecular complexity index is 1450. The van der Waals surface area contributed by atoms with Gasteiger partial charge in [0, 0.05) is 31.0 Å². The first kappa shape index (κ1) is 23.2. The van der Waals surface area contributed by atoms with E-state index in [2.05, 4.69) is 15.3 Å². The number of imide groups is 1. The number of aromatic nitrogens is 2. The molecule has 0 unspecified atom stereocenters. The Kier molecular flexibility index (Phi) is 5.55. The van der Waals surface area contributed by atoms with Gasteiger partial charge in [-0.2, -0.15) is 5.10 Å². The molecule has 1 saturated carbocycles. The Hall–Kier alpha value is -4.52. The van der Waals surface area contributed by atoms with Crippen LogP contribution in [0.5, 0.6) is 0 Å². The summed E-state index contributed by atoms with van der Waals surface area (Å²) in [6.07, 6.45) is 3.24. The molecule has 2 aromatic carbocycles. The lowest BCUT2D eigenvalue weighted by atomic mass is 9.75. The number of nitrogens with zero attached hydrogens (tertiary/aromatic N) is 5. The topological polar surface area (TPSA) is 91.9 Å². The summed E-state index contributed by atoms with van der Waals surface area (Å²) in [5, 5.41) is 6.61. The predicted octanol–water partition coefficient (Wildman–Crippen LogP) is 4.24. The first-order valence-electron chi connectivity index (χ1n) is 11.5. The molecule has 1 aliphatic heterocycles. The molecule has 182 valence electrons. The van der Waals surface area contributed by atoms with Gasteiger partial charge in [0.05, 0.1) is 12.3 Å². The van der Waals surface area contributed by atoms with Crippen molar-refractivity contribution in [3.8, 4) is 0 Å². The number of benzene rings is 2. The molecule has 10 heteroatoms. The third kappa shape index (κ3) is 3.51. The minimum absolute atomic E-state index is 0.0487. The first-order valence-corrected chi connectivity index (χ1v) is 11.5. The van der Waals surface area contributed by atoms with Gasteiger partial charge in [-0.1, -0.05) is 12.1 Å². The van der Waals surface area contributed by atoms with Gasteiger partial charge in [-0.05, 0) is 62.1 Å². The molecule has 2 aliphatic rings. The van der Waals surface area contributed by atoms with Crippen molar-refractivity contribution in [1.29, 1.82) is 0 Å². The zero-order valence-electron chi connectivity index (χ0n) is 19.8. The zero-order valence-corrected chi connectivity index (χ0v) is 19.8. The van der Waals surface area contributed by atoms with Crippen molar-refractivity contribution in [2.24, 2.45) is 7.05 Å². The molecule has 9 nitrogen and oxygen atoms in total. The largest absolute Gasteiger partial charge is 0.347 e. The van der Waals surface area contributed by atoms with E-state index in [4.69, 9.17) is 6.57 Å². The molecule has 0 radical (unpaired) electrons. The van der Waals surface area contributed by atoms with Gasteiger partial charge >= 0.3 is 6.03 Å². The molecule has 36 heavy (non-hydrogen) atoms. The van der Waals surface area contributed by atoms with Crippen molar-refractivity contribution in [3.05, 3.63) is 82.7 Å². The third-order valence-corrected chi connectivity index (χ3v) is 6.94. The number of halogens is 1. The van der Waals surface area contributed by atoms with Crippen LogP contribution in [0.25, 0.3) is 4.85 Å². The molecule has 4 amide bonds. The molecule has 1 spiro atoms. The fraction of sp³-hybridized carbons (Fsp3) is 0.269. The zero-order chi connectivity index (χ0) is 25.6. The summed E-state index contributed by atoms with van der Waals surface area (Å²) >= 11 is 0. The number of hydrogen-bond donors (Lipinski definition) is 1. The van der Waals surface area contributed by atoms with E-state index >= 15 is 4.39 Å². The number of anilines is 2. The fourth-order valence-electron chi connectivity index (χ4n) is 4.79. The van der Waals surface area contributed by atoms with E-state index in [1.165, 1.54) is 27.9 Å². The minimum Gasteiger partial charge on any atom is -0.347 e. The molecular formula is C26H23FN6O3. The average molecular weight is 487 g/mol. The van der Waals surface area contributed by atoms with Crippen LogP contribution in [-0.4, -0.2) is 33.2 Å². The number of aryl methyl sites for hydroxylation is 2. The highest BCUT2D eigenvalue weighted by Gasteiger charge is 2.61. The van der Waals surface area contributed by atoms with Crippen LogP contribution in [-0.2, 0) is 18.4 Å². The van der Waals surface area contributed by atoms with Gasteiger partial charge in [-0.15, -0.1) is 0 Å². The van der Waals surface area contributed by atoms with E-state index in [9.17, 15) is 14.4 Å². The molecule has 2 heterocycles. The number of urea groups is 1. The van der Waals surface area contributed by atoms with Crippen molar-refractivity contribution in [1.82, 2.24) is 15.1 Å². The van der Waals surface area contributed by atoms with Gasteiger partial charge in [0.1, 0.15) is 17.1 Å². The van der Waals surface area contributed by atoms with Crippen LogP contribution in [0.2, 0.25) is 0 Å². The lowest BCUT2D eigenvalue weighted by Crippen LogP contribution is -2.55. The highest BCUT2D eigenvalue weighted by atomic mass is 19.1. The Balaban J connectivity index is 1.42. The van der Waals surface area contributed by atoms with E-state index in [1.54, 1.807) is 44.3 Å². The number of hydrogen-bond acceptors (Lipinski definition) is 4. The molecule has 0 atom stereocenters. The van der Waals surface area contributed by atoms with Gasteiger partial charge in [0.15, 0.2) is 5.69 Å². The summed E-state index contributed by atoms with van der Waals surface area (Å²) in [6, 6.07) is 10.2. The van der Waals surface area contributed by atoms with Crippen molar-refractivity contribution in [3.63, 3.8) is 0 Å². The normalized spacial score (nSPS) is 16.3. The second-order valence-electron chi connectivity index (χ2n) is 9.02. The number of nitrogens with one attached hydrogen (secondary N) is 1. The summed E-state index contributed by atoms with van der Waals surface area (Å²) < 4.78 is 16.5. The summed E-state index contributed by atoms with van der Waals surface area (Å²) in [7, 11) is 1.64. The number of carbonyl (C=O) groups excluding carboxylic acids is 3. The molecule has 1 N–H and O–H groups in total. The van der Waals surface area contributed by atoms with Crippen molar-refractivity contribution in [2.45, 2.75) is 38.3 Å². The summed E-state index contributed by atoms with van der Waals surface area (Å²) in [6.45, 7) is 8.93. The second-order valence-corrected chi connectivity index (χ2v) is 9.02. The summed E-state index contributed by atoms with van der Waals surface area (Å²) in [4.78, 5) is 45.3. The maximum atomic E-state index is 15.1. The highest BCUT2D eigenvalue weighted by Crippen LogP contribution is 2.48. The highest BCUT2D eigenvalue weighted by molar-refractivity contribution is 6.30. The van der Waals surface area contributed by atoms with Crippen LogP contribution in [0, 0.1) is 19.3 Å². The van der Waals surface area contributed by atoms with Crippen LogP contribution in [0.3, 0.4) is 0 Å². The van der Waals surface area contributed by atoms with Crippen LogP contribution in [0.1, 0.15) is 40.9 Å². The summed E-state index contributed by atoms with van der Waals surface area (Å²) in [5.74, 6) is -1.33. The number of carbonyl (C=O) groups is 3. The molecule has 1 aromatic heterocycles. The van der Waals surface area contributed by atoms with Crippen molar-refractivity contribution >= 4 is 34.9 Å². The van der Waals surface area contributed by atoms with E-state index in [0.29, 0.717) is 35.5 Å². The standard InChI is InChI=1S/C26H23FN6O3/c1-16-13-18(7-8-21(16)28-2)32-24(35)26(10-4-11-26)33(25(32)36)19-6-5-17(20(27)14-19)15-29-23(34)22-9-12-30-31(22)3/h5-9,12-14H,4,10-11,15H2,1,3H3,(H,29,34). The van der Waals surface area contributed by atoms with Gasteiger partial charge in [-0.25, -0.2) is 18.9 Å². The minimum atomic E-state index is -1.05. The lowest BCUT2D eigenvalue weighted by Gasteiger charge is -2.42. The summed E-state index contributed by atoms with van der Waals surface area (Å²) in [5.41, 5.74) is 1.32. The molecule has 3 aromatic rings. The maximum Gasteiger partial charge on any atom is 0.336 e. The second kappa shape index (κ2) is 8.61. The SMILES string of the molecule is [C-]#[N+]c1ccc(N2C(=O)N(c3ccc(CNC(=O)c4ccnn4C)c(F)c3)C3(CCC3)C2=O)cc1C. The average Bonchev–Trinajstić information content (AvgIpc) is 3.35. The molecule has 1 saturated heterocycles. The number of rotatable bonds is 5. The number of amides is 4. The smallest absolute Gasteiger partial charge is 0.336 e. The van der Waals surface area contributed by atoms with Crippen LogP contribution >= 0.6 is 0 Å². The molecule has 1 aliphatic carbocycles. The Labute approximate surface area is 206 Å². The van der Waals surface area contributed by atoms with Crippen LogP contribution in [0.4, 0.5) is 26.2 Å². The molecule has 0 bridgehead atoms. The maximum absolute atomic E-state index is 15.1. The van der Waals surface area contributed by atoms with E-state index in [0.717, 1.165) is 11.3 Å². The Morgan fingerprint density at radius 1 is 1.17 bits per heavy atom. The third-order valence-electron chi connectivity index (χ3n) is 6.94. The molecular weight excluding hydrogens is 463 g/mol. The van der Waals surface area contributed by atoms with E-state index in [-0.39, 0.29) is 29.6 Å². The van der Waals surface area contributed by atoms with E-state index < -0.39 is 17.4 Å². The molecule has 2 fully saturated rings. The van der Waals surface area contributed by atoms with Gasteiger partial charge in [0.25, 0.3) is 11.8 Å². The Morgan fingerprint density at radius 3 is 2.50 bits per heavy atom. The fourth-order valence-corrected chi connectivity index (χ4v) is 4.79. The monoisotopic (exact) mass is 486 g/mol. The van der Waals surface area contributed by atoms with Crippen molar-refractivity contribution in [2.75, 3.05) is 9.80 Å². The van der Waals surface area contributed by atoms with Gasteiger partial charge < -0.3 is 5.32 Å². The quantitative estimate of drug-likeness (QED) is 0.431. The first-order chi connectivity index (χ1) is 17.3. The van der Waals surface area contributed by atoms with Gasteiger partial charge in [-0.3, -0.25) is 19.2 Å². The Morgan fingerprint density at radius 2 is 1.92 bits per heavy atom. The van der Waals surface area contributed by atoms with Crippen molar-refractivity contribution < 1.29 is 18.8 Å². The van der Waals surface area contributed by atoms with Gasteiger partial charge in [0.2, 0.25) is 0 Å². The van der Waals surface area contributed by atoms with Crippen LogP contribution in [0.15, 0.2) is 48.7 Å². The van der Waals surface area contributed by atoms with E-state index in [1.807, 2.05) is 0 Å².